The Balaban J connectivity index is 1.43. The molecular weight excluding hydrogens is 522 g/mol. The second kappa shape index (κ2) is 10.5. The van der Waals surface area contributed by atoms with Gasteiger partial charge in [-0.15, -0.1) is 0 Å². The molecular formula is C32H32F2N6O. The first-order chi connectivity index (χ1) is 20.0. The second-order valence-corrected chi connectivity index (χ2v) is 11.4. The highest BCUT2D eigenvalue weighted by atomic mass is 19.1. The van der Waals surface area contributed by atoms with Crippen LogP contribution in [-0.4, -0.2) is 71.3 Å². The number of aromatic nitrogens is 3. The zero-order valence-corrected chi connectivity index (χ0v) is 23.3. The molecule has 0 aliphatic carbocycles. The zero-order chi connectivity index (χ0) is 28.1. The Morgan fingerprint density at radius 1 is 1.05 bits per heavy atom. The monoisotopic (exact) mass is 554 g/mol. The van der Waals surface area contributed by atoms with Crippen LogP contribution >= 0.6 is 0 Å². The Morgan fingerprint density at radius 2 is 1.88 bits per heavy atom. The van der Waals surface area contributed by atoms with Crippen molar-refractivity contribution in [3.05, 3.63) is 53.7 Å². The number of fused-ring (bicyclic) bond motifs is 4. The summed E-state index contributed by atoms with van der Waals surface area (Å²) in [6.45, 7) is 4.68. The molecule has 7 nitrogen and oxygen atoms in total. The minimum atomic E-state index is -0.594. The van der Waals surface area contributed by atoms with Crippen LogP contribution in [0.3, 0.4) is 0 Å². The van der Waals surface area contributed by atoms with Crippen LogP contribution in [-0.2, 0) is 0 Å². The second-order valence-electron chi connectivity index (χ2n) is 11.4. The minimum Gasteiger partial charge on any atom is -0.462 e. The van der Waals surface area contributed by atoms with E-state index in [-0.39, 0.29) is 23.3 Å². The Bertz CT molecular complexity index is 1700. The highest BCUT2D eigenvalue weighted by Gasteiger charge is 2.35. The van der Waals surface area contributed by atoms with E-state index in [1.54, 1.807) is 19.1 Å². The van der Waals surface area contributed by atoms with Crippen LogP contribution < -0.4 is 15.0 Å². The fourth-order valence-corrected chi connectivity index (χ4v) is 6.60. The van der Waals surface area contributed by atoms with E-state index in [4.69, 9.17) is 14.7 Å². The number of anilines is 1. The Morgan fingerprint density at radius 3 is 2.63 bits per heavy atom. The summed E-state index contributed by atoms with van der Waals surface area (Å²) in [5.74, 6) is 5.65. The number of likely N-dealkylation sites (tertiary alicyclic amines) is 1. The number of hydrogen-bond acceptors (Lipinski definition) is 7. The molecule has 5 heterocycles. The number of benzene rings is 2. The molecule has 9 heteroatoms. The smallest absolute Gasteiger partial charge is 0.319 e. The van der Waals surface area contributed by atoms with E-state index in [1.165, 1.54) is 12.1 Å². The number of rotatable bonds is 5. The van der Waals surface area contributed by atoms with Crippen molar-refractivity contribution in [2.75, 3.05) is 38.2 Å². The summed E-state index contributed by atoms with van der Waals surface area (Å²) >= 11 is 0. The first-order valence-corrected chi connectivity index (χ1v) is 14.3. The molecule has 4 aromatic rings. The van der Waals surface area contributed by atoms with Gasteiger partial charge in [-0.05, 0) is 75.0 Å². The Labute approximate surface area is 237 Å². The molecule has 3 aliphatic rings. The maximum Gasteiger partial charge on any atom is 0.319 e. The third-order valence-corrected chi connectivity index (χ3v) is 8.68. The molecule has 2 aromatic heterocycles. The maximum absolute atomic E-state index is 16.7. The van der Waals surface area contributed by atoms with Gasteiger partial charge in [-0.25, -0.2) is 13.8 Å². The number of nitrogens with one attached hydrogen (secondary N) is 1. The number of pyridine rings is 1. The lowest BCUT2D eigenvalue weighted by molar-refractivity contribution is 0.188. The van der Waals surface area contributed by atoms with Crippen molar-refractivity contribution in [3.8, 4) is 29.1 Å². The summed E-state index contributed by atoms with van der Waals surface area (Å²) in [5.41, 5.74) is 1.08. The number of ether oxygens (including phenoxy) is 1. The van der Waals surface area contributed by atoms with E-state index in [2.05, 4.69) is 39.0 Å². The van der Waals surface area contributed by atoms with Crippen molar-refractivity contribution < 1.29 is 13.5 Å². The van der Waals surface area contributed by atoms with Gasteiger partial charge in [0.2, 0.25) is 0 Å². The molecule has 0 spiro atoms. The van der Waals surface area contributed by atoms with E-state index >= 15 is 4.39 Å². The van der Waals surface area contributed by atoms with E-state index in [9.17, 15) is 4.39 Å². The fraction of sp³-hybridized carbons (Fsp3) is 0.406. The van der Waals surface area contributed by atoms with Crippen molar-refractivity contribution >= 4 is 27.5 Å². The largest absolute Gasteiger partial charge is 0.462 e. The van der Waals surface area contributed by atoms with Gasteiger partial charge in [0.05, 0.1) is 5.39 Å². The van der Waals surface area contributed by atoms with Crippen LogP contribution in [0.4, 0.5) is 14.6 Å². The van der Waals surface area contributed by atoms with Gasteiger partial charge in [0.15, 0.2) is 5.82 Å². The normalized spacial score (nSPS) is 22.3. The van der Waals surface area contributed by atoms with Gasteiger partial charge in [0, 0.05) is 36.8 Å². The first kappa shape index (κ1) is 26.1. The van der Waals surface area contributed by atoms with Gasteiger partial charge >= 0.3 is 6.01 Å². The molecule has 2 bridgehead atoms. The summed E-state index contributed by atoms with van der Waals surface area (Å²) in [5, 5.41) is 5.50. The Hall–Kier alpha value is -3.87. The summed E-state index contributed by atoms with van der Waals surface area (Å²) in [6, 6.07) is 11.0. The number of halogens is 2. The van der Waals surface area contributed by atoms with Gasteiger partial charge in [0.1, 0.15) is 35.1 Å². The van der Waals surface area contributed by atoms with Gasteiger partial charge < -0.3 is 19.9 Å². The lowest BCUT2D eigenvalue weighted by Gasteiger charge is -2.34. The maximum atomic E-state index is 16.7. The number of likely N-dealkylation sites (N-methyl/N-ethyl adjacent to an activating group) is 1. The lowest BCUT2D eigenvalue weighted by Crippen LogP contribution is -2.51. The molecule has 3 saturated heterocycles. The van der Waals surface area contributed by atoms with Crippen LogP contribution in [0.1, 0.15) is 38.3 Å². The van der Waals surface area contributed by atoms with Crippen LogP contribution in [0.25, 0.3) is 32.9 Å². The summed E-state index contributed by atoms with van der Waals surface area (Å²) < 4.78 is 37.2. The van der Waals surface area contributed by atoms with Crippen molar-refractivity contribution in [2.45, 2.75) is 50.7 Å². The molecule has 3 atom stereocenters. The molecule has 0 unspecified atom stereocenters. The number of piperazine rings is 1. The van der Waals surface area contributed by atoms with Crippen LogP contribution in [0.5, 0.6) is 6.01 Å². The molecule has 0 radical (unpaired) electrons. The topological polar surface area (TPSA) is 66.4 Å². The molecule has 210 valence electrons. The predicted molar refractivity (Wildman–Crippen MR) is 156 cm³/mol. The average Bonchev–Trinajstić information content (AvgIpc) is 3.55. The van der Waals surface area contributed by atoms with Crippen LogP contribution in [0.2, 0.25) is 0 Å². The molecule has 2 aromatic carbocycles. The number of nitrogens with zero attached hydrogens (tertiary/aromatic N) is 5. The zero-order valence-electron chi connectivity index (χ0n) is 23.3. The van der Waals surface area contributed by atoms with Crippen LogP contribution in [0, 0.1) is 23.5 Å². The third-order valence-electron chi connectivity index (χ3n) is 8.68. The average molecular weight is 555 g/mol. The number of hydrogen-bond donors (Lipinski definition) is 1. The molecule has 0 amide bonds. The van der Waals surface area contributed by atoms with Gasteiger partial charge in [-0.3, -0.25) is 0 Å². The third kappa shape index (κ3) is 4.75. The van der Waals surface area contributed by atoms with Gasteiger partial charge in [-0.2, -0.15) is 9.97 Å². The van der Waals surface area contributed by atoms with E-state index in [1.807, 2.05) is 12.1 Å². The van der Waals surface area contributed by atoms with E-state index < -0.39 is 11.6 Å². The standard InChI is InChI=1S/C32H32F2N6O/c1-3-6-26-27-30(28(34)29(36-26)24-9-4-7-19-10-11-20(33)15-25(19)24)37-32(41-18-23-8-5-14-39(23)2)38-31(27)40-16-21-12-13-22(17-40)35-21/h4,7,9-11,15,21-23,35H,5,8,12-14,16-18H2,1-2H3/t21-,22+,23-/m0/s1. The highest BCUT2D eigenvalue weighted by Crippen LogP contribution is 2.38. The van der Waals surface area contributed by atoms with Crippen molar-refractivity contribution in [1.29, 1.82) is 0 Å². The summed E-state index contributed by atoms with van der Waals surface area (Å²) in [7, 11) is 2.09. The highest BCUT2D eigenvalue weighted by molar-refractivity contribution is 6.01. The van der Waals surface area contributed by atoms with E-state index in [0.717, 1.165) is 50.7 Å². The van der Waals surface area contributed by atoms with Crippen molar-refractivity contribution in [1.82, 2.24) is 25.2 Å². The quantitative estimate of drug-likeness (QED) is 0.352. The van der Waals surface area contributed by atoms with Gasteiger partial charge in [0.25, 0.3) is 0 Å². The first-order valence-electron chi connectivity index (χ1n) is 14.3. The lowest BCUT2D eigenvalue weighted by atomic mass is 10.00. The summed E-state index contributed by atoms with van der Waals surface area (Å²) in [6.07, 6.45) is 4.34. The molecule has 3 fully saturated rings. The van der Waals surface area contributed by atoms with Crippen molar-refractivity contribution in [2.24, 2.45) is 0 Å². The van der Waals surface area contributed by atoms with E-state index in [0.29, 0.717) is 46.5 Å². The molecule has 1 N–H and O–H groups in total. The molecule has 3 aliphatic heterocycles. The Kier molecular flexibility index (Phi) is 6.68. The van der Waals surface area contributed by atoms with Crippen LogP contribution in [0.15, 0.2) is 36.4 Å². The molecule has 41 heavy (non-hydrogen) atoms. The predicted octanol–water partition coefficient (Wildman–Crippen LogP) is 4.91. The SMILES string of the molecule is CC#Cc1nc(-c2cccc3ccc(F)cc23)c(F)c2nc(OC[C@@H]3CCCN3C)nc(N3C[C@H]4CC[C@@H](C3)N4)c12. The van der Waals surface area contributed by atoms with Gasteiger partial charge in [-0.1, -0.05) is 30.2 Å². The fourth-order valence-electron chi connectivity index (χ4n) is 6.60. The minimum absolute atomic E-state index is 0.0814. The summed E-state index contributed by atoms with van der Waals surface area (Å²) in [4.78, 5) is 18.8. The van der Waals surface area contributed by atoms with Crippen molar-refractivity contribution in [3.63, 3.8) is 0 Å². The molecule has 0 saturated carbocycles. The molecule has 7 rings (SSSR count).